The van der Waals surface area contributed by atoms with Gasteiger partial charge in [0.25, 0.3) is 6.43 Å². The molecule has 0 aliphatic heterocycles. The summed E-state index contributed by atoms with van der Waals surface area (Å²) >= 11 is 0. The predicted molar refractivity (Wildman–Crippen MR) is 127 cm³/mol. The van der Waals surface area contributed by atoms with Gasteiger partial charge >= 0.3 is 5.97 Å². The molecular weight excluding hydrogens is 454 g/mol. The third kappa shape index (κ3) is 5.62. The first-order chi connectivity index (χ1) is 16.6. The monoisotopic (exact) mass is 482 g/mol. The fourth-order valence-electron chi connectivity index (χ4n) is 4.68. The molecule has 1 aromatic carbocycles. The van der Waals surface area contributed by atoms with Crippen LogP contribution in [0.25, 0.3) is 11.1 Å². The third-order valence-corrected chi connectivity index (χ3v) is 6.72. The fraction of sp³-hybridized carbons (Fsp3) is 0.385. The van der Waals surface area contributed by atoms with Crippen molar-refractivity contribution in [3.8, 4) is 11.1 Å². The van der Waals surface area contributed by atoms with Gasteiger partial charge in [-0.3, -0.25) is 9.78 Å². The zero-order chi connectivity index (χ0) is 25.2. The lowest BCUT2D eigenvalue weighted by atomic mass is 9.73. The molecule has 0 radical (unpaired) electrons. The van der Waals surface area contributed by atoms with Crippen LogP contribution in [0.15, 0.2) is 48.8 Å². The van der Waals surface area contributed by atoms with Crippen LogP contribution in [0.4, 0.5) is 20.4 Å². The largest absolute Gasteiger partial charge is 0.481 e. The van der Waals surface area contributed by atoms with Crippen molar-refractivity contribution < 1.29 is 23.8 Å². The van der Waals surface area contributed by atoms with Gasteiger partial charge in [-0.1, -0.05) is 12.1 Å². The average molecular weight is 483 g/mol. The number of carboxylic acids is 1. The van der Waals surface area contributed by atoms with Gasteiger partial charge in [-0.05, 0) is 80.8 Å². The molecule has 0 bridgehead atoms. The maximum absolute atomic E-state index is 13.0. The number of aromatic nitrogens is 3. The van der Waals surface area contributed by atoms with Crippen molar-refractivity contribution in [1.82, 2.24) is 15.0 Å². The second-order valence-corrected chi connectivity index (χ2v) is 9.28. The molecule has 3 aromatic rings. The topological polar surface area (TPSA) is 108 Å². The Kier molecular flexibility index (Phi) is 7.07. The number of hydrogen-bond donors (Lipinski definition) is 3. The Morgan fingerprint density at radius 3 is 2.46 bits per heavy atom. The Morgan fingerprint density at radius 1 is 1.09 bits per heavy atom. The summed E-state index contributed by atoms with van der Waals surface area (Å²) < 4.78 is 25.9. The van der Waals surface area contributed by atoms with Crippen LogP contribution in [-0.4, -0.2) is 31.1 Å². The third-order valence-electron chi connectivity index (χ3n) is 6.72. The molecule has 1 aliphatic rings. The smallest absolute Gasteiger partial charge is 0.306 e. The van der Waals surface area contributed by atoms with Crippen LogP contribution >= 0.6 is 0 Å². The normalized spacial score (nSPS) is 19.8. The van der Waals surface area contributed by atoms with Gasteiger partial charge in [0.15, 0.2) is 0 Å². The molecule has 2 aromatic heterocycles. The molecule has 35 heavy (non-hydrogen) atoms. The van der Waals surface area contributed by atoms with E-state index in [0.717, 1.165) is 16.7 Å². The minimum atomic E-state index is -2.68. The summed E-state index contributed by atoms with van der Waals surface area (Å²) in [7, 11) is 0. The van der Waals surface area contributed by atoms with E-state index >= 15 is 0 Å². The molecular formula is C26H28F2N4O3. The molecule has 184 valence electrons. The maximum Gasteiger partial charge on any atom is 0.306 e. The number of pyridine rings is 1. The van der Waals surface area contributed by atoms with Crippen molar-refractivity contribution >= 4 is 17.6 Å². The number of alkyl halides is 2. The minimum absolute atomic E-state index is 0.0600. The Labute approximate surface area is 202 Å². The molecule has 7 nitrogen and oxygen atoms in total. The molecule has 1 aliphatic carbocycles. The SMILES string of the molecule is Cc1cc(Nc2nccc(C(F)F)n2)cc(-c2ccc([C@](C)(O)[C@H]3CC[C@H](C(=O)O)CC3)nc2)c1. The summed E-state index contributed by atoms with van der Waals surface area (Å²) in [5.74, 6) is -1.09. The quantitative estimate of drug-likeness (QED) is 0.401. The van der Waals surface area contributed by atoms with Crippen molar-refractivity contribution in [2.75, 3.05) is 5.32 Å². The van der Waals surface area contributed by atoms with E-state index in [1.807, 2.05) is 31.2 Å². The van der Waals surface area contributed by atoms with E-state index in [1.165, 1.54) is 12.3 Å². The molecule has 0 unspecified atom stereocenters. The zero-order valence-corrected chi connectivity index (χ0v) is 19.6. The van der Waals surface area contributed by atoms with E-state index in [1.54, 1.807) is 19.2 Å². The number of benzene rings is 1. The number of aliphatic hydroxyl groups is 1. The van der Waals surface area contributed by atoms with Gasteiger partial charge in [0.2, 0.25) is 5.95 Å². The van der Waals surface area contributed by atoms with Crippen molar-refractivity contribution in [1.29, 1.82) is 0 Å². The van der Waals surface area contributed by atoms with Gasteiger partial charge < -0.3 is 15.5 Å². The van der Waals surface area contributed by atoms with E-state index in [9.17, 15) is 23.8 Å². The molecule has 2 heterocycles. The highest BCUT2D eigenvalue weighted by molar-refractivity contribution is 5.71. The first-order valence-electron chi connectivity index (χ1n) is 11.6. The highest BCUT2D eigenvalue weighted by atomic mass is 19.3. The maximum atomic E-state index is 13.0. The highest BCUT2D eigenvalue weighted by Gasteiger charge is 2.38. The Hall–Kier alpha value is -3.46. The van der Waals surface area contributed by atoms with Crippen LogP contribution in [0, 0.1) is 18.8 Å². The average Bonchev–Trinajstić information content (AvgIpc) is 2.84. The first kappa shape index (κ1) is 24.7. The van der Waals surface area contributed by atoms with Crippen LogP contribution < -0.4 is 5.32 Å². The van der Waals surface area contributed by atoms with E-state index in [0.29, 0.717) is 37.1 Å². The van der Waals surface area contributed by atoms with Gasteiger partial charge in [-0.25, -0.2) is 18.7 Å². The van der Waals surface area contributed by atoms with Gasteiger partial charge in [0.1, 0.15) is 11.3 Å². The van der Waals surface area contributed by atoms with Gasteiger partial charge in [0, 0.05) is 23.6 Å². The van der Waals surface area contributed by atoms with Crippen LogP contribution in [0.2, 0.25) is 0 Å². The number of aryl methyl sites for hydroxylation is 1. The van der Waals surface area contributed by atoms with E-state index < -0.39 is 18.0 Å². The summed E-state index contributed by atoms with van der Waals surface area (Å²) in [6.07, 6.45) is 2.68. The molecule has 1 atom stereocenters. The van der Waals surface area contributed by atoms with Crippen LogP contribution in [0.5, 0.6) is 0 Å². The summed E-state index contributed by atoms with van der Waals surface area (Å²) in [4.78, 5) is 23.6. The van der Waals surface area contributed by atoms with E-state index in [2.05, 4.69) is 20.3 Å². The number of carbonyl (C=O) groups is 1. The first-order valence-corrected chi connectivity index (χ1v) is 11.6. The molecule has 4 rings (SSSR count). The molecule has 0 spiro atoms. The van der Waals surface area contributed by atoms with Crippen molar-refractivity contribution in [2.45, 2.75) is 51.6 Å². The number of anilines is 2. The van der Waals surface area contributed by atoms with Crippen molar-refractivity contribution in [3.63, 3.8) is 0 Å². The number of aliphatic carboxylic acids is 1. The van der Waals surface area contributed by atoms with E-state index in [4.69, 9.17) is 0 Å². The minimum Gasteiger partial charge on any atom is -0.481 e. The molecule has 0 amide bonds. The number of carboxylic acid groups (broad SMARTS) is 1. The Morgan fingerprint density at radius 2 is 1.83 bits per heavy atom. The zero-order valence-electron chi connectivity index (χ0n) is 19.6. The molecule has 3 N–H and O–H groups in total. The van der Waals surface area contributed by atoms with Gasteiger partial charge in [-0.2, -0.15) is 0 Å². The lowest BCUT2D eigenvalue weighted by Crippen LogP contribution is -2.36. The van der Waals surface area contributed by atoms with Crippen LogP contribution in [-0.2, 0) is 10.4 Å². The summed E-state index contributed by atoms with van der Waals surface area (Å²) in [5.41, 5.74) is 2.32. The van der Waals surface area contributed by atoms with E-state index in [-0.39, 0.29) is 23.5 Å². The van der Waals surface area contributed by atoms with Gasteiger partial charge in [-0.15, -0.1) is 0 Å². The molecule has 1 fully saturated rings. The lowest BCUT2D eigenvalue weighted by Gasteiger charge is -2.36. The predicted octanol–water partition coefficient (Wildman–Crippen LogP) is 5.63. The van der Waals surface area contributed by atoms with Crippen LogP contribution in [0.3, 0.4) is 0 Å². The standard InChI is InChI=1S/C26H28F2N4O3/c1-15-11-18(13-20(12-15)31-25-29-10-9-21(32-25)23(27)28)17-5-8-22(30-14-17)26(2,35)19-6-3-16(4-7-19)24(33)34/h5,8-14,16,19,23,35H,3-4,6-7H2,1-2H3,(H,33,34)(H,29,31,32)/t16-,19-,26-/m1/s1. The number of halogens is 2. The summed E-state index contributed by atoms with van der Waals surface area (Å²) in [5, 5.41) is 23.4. The fourth-order valence-corrected chi connectivity index (χ4v) is 4.68. The number of nitrogens with zero attached hydrogens (tertiary/aromatic N) is 3. The Bertz CT molecular complexity index is 1190. The number of nitrogens with one attached hydrogen (secondary N) is 1. The molecule has 1 saturated carbocycles. The number of rotatable bonds is 7. The highest BCUT2D eigenvalue weighted by Crippen LogP contribution is 2.40. The van der Waals surface area contributed by atoms with Gasteiger partial charge in [0.05, 0.1) is 11.6 Å². The van der Waals surface area contributed by atoms with Crippen molar-refractivity contribution in [3.05, 3.63) is 65.7 Å². The summed E-state index contributed by atoms with van der Waals surface area (Å²) in [6, 6.07) is 10.5. The molecule has 9 heteroatoms. The van der Waals surface area contributed by atoms with Crippen LogP contribution in [0.1, 0.15) is 56.0 Å². The summed E-state index contributed by atoms with van der Waals surface area (Å²) in [6.45, 7) is 3.66. The van der Waals surface area contributed by atoms with Crippen molar-refractivity contribution in [2.24, 2.45) is 11.8 Å². The second kappa shape index (κ2) is 10.0. The molecule has 0 saturated heterocycles. The second-order valence-electron chi connectivity index (χ2n) is 9.28. The Balaban J connectivity index is 1.52. The number of hydrogen-bond acceptors (Lipinski definition) is 6. The lowest BCUT2D eigenvalue weighted by molar-refractivity contribution is -0.144.